The van der Waals surface area contributed by atoms with E-state index in [1.807, 2.05) is 44.2 Å². The maximum absolute atomic E-state index is 14.7. The molecule has 2 bridgehead atoms. The minimum Gasteiger partial charge on any atom is -0.394 e. The van der Waals surface area contributed by atoms with Crippen molar-refractivity contribution in [1.82, 2.24) is 19.6 Å². The number of morpholine rings is 1. The number of ether oxygens (including phenoxy) is 2. The van der Waals surface area contributed by atoms with Crippen LogP contribution in [0.1, 0.15) is 45.1 Å². The number of hydrogen-bond donors (Lipinski definition) is 1. The van der Waals surface area contributed by atoms with Gasteiger partial charge in [-0.15, -0.1) is 13.2 Å². The molecule has 1 spiro atoms. The van der Waals surface area contributed by atoms with Crippen LogP contribution < -0.4 is 0 Å². The summed E-state index contributed by atoms with van der Waals surface area (Å²) in [5.41, 5.74) is -1.02. The monoisotopic (exact) mass is 622 g/mol. The number of aliphatic hydroxyl groups excluding tert-OH is 1. The van der Waals surface area contributed by atoms with Crippen LogP contribution in [0.3, 0.4) is 0 Å². The molecule has 0 radical (unpaired) electrons. The molecule has 1 aromatic carbocycles. The third kappa shape index (κ3) is 5.98. The first kappa shape index (κ1) is 33.3. The first-order chi connectivity index (χ1) is 21.8. The van der Waals surface area contributed by atoms with E-state index in [1.165, 1.54) is 0 Å². The normalized spacial score (nSPS) is 29.8. The summed E-state index contributed by atoms with van der Waals surface area (Å²) in [6.45, 7) is 16.5. The Hall–Kier alpha value is -3.05. The molecule has 2 unspecified atom stereocenters. The zero-order valence-electron chi connectivity index (χ0n) is 26.9. The molecular formula is C35H50N4O6. The van der Waals surface area contributed by atoms with Gasteiger partial charge in [0, 0.05) is 45.8 Å². The van der Waals surface area contributed by atoms with Crippen molar-refractivity contribution >= 4 is 17.7 Å². The van der Waals surface area contributed by atoms with Gasteiger partial charge in [-0.3, -0.25) is 19.3 Å². The van der Waals surface area contributed by atoms with E-state index in [9.17, 15) is 19.5 Å². The number of likely N-dealkylation sites (tertiary alicyclic amines) is 1. The summed E-state index contributed by atoms with van der Waals surface area (Å²) >= 11 is 0. The fourth-order valence-corrected chi connectivity index (χ4v) is 8.21. The summed E-state index contributed by atoms with van der Waals surface area (Å²) in [7, 11) is 0. The van der Waals surface area contributed by atoms with Crippen LogP contribution in [-0.2, 0) is 30.4 Å². The highest BCUT2D eigenvalue weighted by molar-refractivity contribution is 5.99. The maximum Gasteiger partial charge on any atom is 0.248 e. The van der Waals surface area contributed by atoms with Crippen molar-refractivity contribution in [3.63, 3.8) is 0 Å². The number of nitrogens with zero attached hydrogens (tertiary/aromatic N) is 4. The van der Waals surface area contributed by atoms with E-state index >= 15 is 0 Å². The van der Waals surface area contributed by atoms with E-state index in [2.05, 4.69) is 18.1 Å². The summed E-state index contributed by atoms with van der Waals surface area (Å²) in [6, 6.07) is 8.27. The predicted octanol–water partition coefficient (Wildman–Crippen LogP) is 2.47. The topological polar surface area (TPSA) is 103 Å². The molecule has 4 fully saturated rings. The highest BCUT2D eigenvalue weighted by Crippen LogP contribution is 2.65. The van der Waals surface area contributed by atoms with Crippen LogP contribution in [0.2, 0.25) is 0 Å². The second-order valence-electron chi connectivity index (χ2n) is 12.8. The Bertz CT molecular complexity index is 1230. The SMILES string of the molecule is C=CCN(CCN1CCOCC1)C(=O)C1N([C@@H](CC)CO)C(=O)[C@@H]2[C@@H](C(=O)N(CC=C)Cc3ccccc3)[C@@]3(CC)CCC12O3. The second-order valence-corrected chi connectivity index (χ2v) is 12.8. The smallest absolute Gasteiger partial charge is 0.248 e. The number of carbonyl (C=O) groups is 3. The Kier molecular flexibility index (Phi) is 10.5. The van der Waals surface area contributed by atoms with Crippen LogP contribution in [0, 0.1) is 11.8 Å². The molecule has 1 N–H and O–H groups in total. The molecule has 4 aliphatic heterocycles. The lowest BCUT2D eigenvalue weighted by Crippen LogP contribution is -2.59. The Morgan fingerprint density at radius 2 is 1.76 bits per heavy atom. The van der Waals surface area contributed by atoms with Crippen molar-refractivity contribution in [2.45, 2.75) is 69.4 Å². The highest BCUT2D eigenvalue weighted by Gasteiger charge is 2.79. The Morgan fingerprint density at radius 1 is 1.07 bits per heavy atom. The van der Waals surface area contributed by atoms with Crippen molar-refractivity contribution in [3.05, 3.63) is 61.2 Å². The van der Waals surface area contributed by atoms with E-state index in [0.717, 1.165) is 18.7 Å². The lowest BCUT2D eigenvalue weighted by atomic mass is 9.64. The summed E-state index contributed by atoms with van der Waals surface area (Å²) < 4.78 is 12.5. The minimum atomic E-state index is -1.15. The van der Waals surface area contributed by atoms with Gasteiger partial charge in [0.2, 0.25) is 17.7 Å². The maximum atomic E-state index is 14.7. The van der Waals surface area contributed by atoms with Crippen LogP contribution in [-0.4, -0.2) is 125 Å². The summed E-state index contributed by atoms with van der Waals surface area (Å²) in [5.74, 6) is -2.20. The number of carbonyl (C=O) groups excluding carboxylic acids is 3. The van der Waals surface area contributed by atoms with Gasteiger partial charge in [0.05, 0.1) is 43.3 Å². The van der Waals surface area contributed by atoms with Gasteiger partial charge in [-0.25, -0.2) is 0 Å². The summed E-state index contributed by atoms with van der Waals surface area (Å²) in [5, 5.41) is 10.5. The first-order valence-electron chi connectivity index (χ1n) is 16.6. The third-order valence-corrected chi connectivity index (χ3v) is 10.5. The molecule has 246 valence electrons. The zero-order valence-corrected chi connectivity index (χ0v) is 26.9. The molecule has 3 amide bonds. The first-order valence-corrected chi connectivity index (χ1v) is 16.6. The molecule has 1 aromatic rings. The highest BCUT2D eigenvalue weighted by atomic mass is 16.5. The lowest BCUT2D eigenvalue weighted by Gasteiger charge is -2.40. The molecule has 0 saturated carbocycles. The average molecular weight is 623 g/mol. The van der Waals surface area contributed by atoms with Gasteiger partial charge < -0.3 is 29.3 Å². The zero-order chi connectivity index (χ0) is 32.2. The molecule has 4 heterocycles. The molecule has 6 atom stereocenters. The number of fused-ring (bicyclic) bond motifs is 1. The minimum absolute atomic E-state index is 0.152. The molecule has 10 heteroatoms. The molecule has 4 saturated heterocycles. The molecule has 10 nitrogen and oxygen atoms in total. The lowest BCUT2D eigenvalue weighted by molar-refractivity contribution is -0.158. The number of aliphatic hydroxyl groups is 1. The van der Waals surface area contributed by atoms with Gasteiger partial charge in [-0.05, 0) is 31.2 Å². The molecule has 45 heavy (non-hydrogen) atoms. The quantitative estimate of drug-likeness (QED) is 0.300. The van der Waals surface area contributed by atoms with Gasteiger partial charge >= 0.3 is 0 Å². The molecule has 4 aliphatic rings. The van der Waals surface area contributed by atoms with Crippen LogP contribution in [0.15, 0.2) is 55.6 Å². The van der Waals surface area contributed by atoms with Gasteiger partial charge in [-0.1, -0.05) is 56.3 Å². The number of amides is 3. The fourth-order valence-electron chi connectivity index (χ4n) is 8.21. The Balaban J connectivity index is 1.52. The van der Waals surface area contributed by atoms with Crippen LogP contribution >= 0.6 is 0 Å². The van der Waals surface area contributed by atoms with Crippen molar-refractivity contribution < 1.29 is 29.0 Å². The standard InChI is InChI=1S/C35H50N4O6/c1-5-16-37(19-18-36-20-22-44-23-21-36)33(43)30-35-15-14-34(8-4,45-35)28(29(35)32(42)39(30)27(7-3)25-40)31(41)38(17-6-2)24-26-12-10-9-11-13-26/h5-6,9-13,27-30,40H,1-2,7-8,14-25H2,3-4H3/t27-,28-,29-,30?,34+,35?/m0/s1. The van der Waals surface area contributed by atoms with Crippen molar-refractivity contribution in [1.29, 1.82) is 0 Å². The predicted molar refractivity (Wildman–Crippen MR) is 171 cm³/mol. The van der Waals surface area contributed by atoms with Crippen LogP contribution in [0.4, 0.5) is 0 Å². The van der Waals surface area contributed by atoms with E-state index in [0.29, 0.717) is 71.6 Å². The molecule has 0 aromatic heterocycles. The third-order valence-electron chi connectivity index (χ3n) is 10.5. The van der Waals surface area contributed by atoms with Gasteiger partial charge in [0.25, 0.3) is 0 Å². The van der Waals surface area contributed by atoms with E-state index in [4.69, 9.17) is 9.47 Å². The number of benzene rings is 1. The van der Waals surface area contributed by atoms with Crippen LogP contribution in [0.25, 0.3) is 0 Å². The van der Waals surface area contributed by atoms with Gasteiger partial charge in [0.15, 0.2) is 0 Å². The summed E-state index contributed by atoms with van der Waals surface area (Å²) in [6.07, 6.45) is 5.52. The van der Waals surface area contributed by atoms with Gasteiger partial charge in [-0.2, -0.15) is 0 Å². The van der Waals surface area contributed by atoms with Crippen molar-refractivity contribution in [3.8, 4) is 0 Å². The fraction of sp³-hybridized carbons (Fsp3) is 0.629. The molecule has 5 rings (SSSR count). The largest absolute Gasteiger partial charge is 0.394 e. The number of hydrogen-bond acceptors (Lipinski definition) is 7. The van der Waals surface area contributed by atoms with Crippen LogP contribution in [0.5, 0.6) is 0 Å². The van der Waals surface area contributed by atoms with E-state index < -0.39 is 35.1 Å². The Morgan fingerprint density at radius 3 is 2.38 bits per heavy atom. The van der Waals surface area contributed by atoms with Gasteiger partial charge in [0.1, 0.15) is 11.6 Å². The molecular weight excluding hydrogens is 572 g/mol. The molecule has 0 aliphatic carbocycles. The van der Waals surface area contributed by atoms with Crippen molar-refractivity contribution in [2.24, 2.45) is 11.8 Å². The van der Waals surface area contributed by atoms with E-state index in [-0.39, 0.29) is 24.3 Å². The Labute approximate surface area is 267 Å². The average Bonchev–Trinajstić information content (AvgIpc) is 3.67. The van der Waals surface area contributed by atoms with E-state index in [1.54, 1.807) is 26.9 Å². The van der Waals surface area contributed by atoms with Crippen molar-refractivity contribution in [2.75, 3.05) is 59.1 Å². The second kappa shape index (κ2) is 14.2. The number of rotatable bonds is 15. The summed E-state index contributed by atoms with van der Waals surface area (Å²) in [4.78, 5) is 51.4.